The standard InChI is InChI=1S/C53H33N5/c1-4-15-35(16-5-1)49-55-50(36-17-6-2-7-18-36)57-51(56-49)37-29-27-34(28-30-37)39-31-32-41-40-21-10-11-22-42(40)53(45(41)33-39)43-23-12-13-26-47(43)58-48-44(53)24-14-25-46(48)54-52(58)38-19-8-3-9-20-38/h1-33H. The first-order valence-corrected chi connectivity index (χ1v) is 19.6. The Bertz CT molecular complexity index is 3150. The maximum atomic E-state index is 5.31. The first kappa shape index (κ1) is 32.5. The highest BCUT2D eigenvalue weighted by molar-refractivity contribution is 5.98. The third kappa shape index (κ3) is 4.71. The molecule has 0 bridgehead atoms. The quantitative estimate of drug-likeness (QED) is 0.176. The summed E-state index contributed by atoms with van der Waals surface area (Å²) in [6, 6.07) is 70.9. The fourth-order valence-electron chi connectivity index (χ4n) is 9.36. The molecule has 0 saturated heterocycles. The van der Waals surface area contributed by atoms with Crippen LogP contribution in [0.15, 0.2) is 200 Å². The summed E-state index contributed by atoms with van der Waals surface area (Å²) in [6.07, 6.45) is 0. The van der Waals surface area contributed by atoms with Crippen molar-refractivity contribution in [2.45, 2.75) is 5.41 Å². The van der Waals surface area contributed by atoms with E-state index in [9.17, 15) is 0 Å². The molecule has 12 rings (SSSR count). The van der Waals surface area contributed by atoms with Gasteiger partial charge in [-0.3, -0.25) is 4.57 Å². The maximum absolute atomic E-state index is 5.31. The molecule has 2 aliphatic rings. The third-order valence-corrected chi connectivity index (χ3v) is 11.9. The Labute approximate surface area is 335 Å². The van der Waals surface area contributed by atoms with Crippen LogP contribution in [-0.4, -0.2) is 24.5 Å². The van der Waals surface area contributed by atoms with E-state index < -0.39 is 5.41 Å². The van der Waals surface area contributed by atoms with Gasteiger partial charge < -0.3 is 0 Å². The predicted octanol–water partition coefficient (Wildman–Crippen LogP) is 12.2. The number of benzene rings is 8. The lowest BCUT2D eigenvalue weighted by Gasteiger charge is -2.39. The van der Waals surface area contributed by atoms with E-state index in [0.717, 1.165) is 55.9 Å². The minimum atomic E-state index is -0.547. The van der Waals surface area contributed by atoms with Gasteiger partial charge in [-0.25, -0.2) is 19.9 Å². The summed E-state index contributed by atoms with van der Waals surface area (Å²) in [4.78, 5) is 20.2. The second kappa shape index (κ2) is 12.6. The molecule has 1 aliphatic carbocycles. The molecule has 270 valence electrons. The smallest absolute Gasteiger partial charge is 0.164 e. The Morgan fingerprint density at radius 1 is 0.328 bits per heavy atom. The van der Waals surface area contributed by atoms with E-state index >= 15 is 0 Å². The number of fused-ring (bicyclic) bond motifs is 9. The molecule has 58 heavy (non-hydrogen) atoms. The van der Waals surface area contributed by atoms with Crippen molar-refractivity contribution in [1.29, 1.82) is 0 Å². The lowest BCUT2D eigenvalue weighted by Crippen LogP contribution is -2.33. The number of nitrogens with zero attached hydrogens (tertiary/aromatic N) is 5. The second-order valence-corrected chi connectivity index (χ2v) is 15.0. The van der Waals surface area contributed by atoms with Crippen LogP contribution in [0.2, 0.25) is 0 Å². The van der Waals surface area contributed by atoms with Crippen molar-refractivity contribution in [3.8, 4) is 73.5 Å². The molecular weight excluding hydrogens is 707 g/mol. The van der Waals surface area contributed by atoms with Crippen LogP contribution in [0.1, 0.15) is 22.3 Å². The van der Waals surface area contributed by atoms with E-state index in [1.807, 2.05) is 60.7 Å². The van der Waals surface area contributed by atoms with Gasteiger partial charge in [-0.2, -0.15) is 0 Å². The van der Waals surface area contributed by atoms with E-state index in [4.69, 9.17) is 19.9 Å². The first-order valence-electron chi connectivity index (χ1n) is 19.6. The number of aromatic nitrogens is 5. The Hall–Kier alpha value is -7.76. The molecule has 10 aromatic rings. The lowest BCUT2D eigenvalue weighted by atomic mass is 9.65. The summed E-state index contributed by atoms with van der Waals surface area (Å²) < 4.78 is 2.39. The topological polar surface area (TPSA) is 56.5 Å². The van der Waals surface area contributed by atoms with Gasteiger partial charge in [0.15, 0.2) is 17.5 Å². The van der Waals surface area contributed by atoms with Gasteiger partial charge in [0.1, 0.15) is 5.82 Å². The lowest BCUT2D eigenvalue weighted by molar-refractivity contribution is 0.746. The monoisotopic (exact) mass is 739 g/mol. The predicted molar refractivity (Wildman–Crippen MR) is 232 cm³/mol. The SMILES string of the molecule is c1ccc(-c2nc(-c3ccccc3)nc(-c3ccc(-c4ccc5c(c4)C4(c6ccccc6-5)c5ccccc5-n5c(-c6ccccc6)nc6cccc4c65)cc3)n2)cc1. The number of hydrogen-bond donors (Lipinski definition) is 0. The summed E-state index contributed by atoms with van der Waals surface area (Å²) in [5.41, 5.74) is 16.5. The Morgan fingerprint density at radius 2 is 0.828 bits per heavy atom. The molecule has 0 radical (unpaired) electrons. The highest BCUT2D eigenvalue weighted by atomic mass is 15.1. The number of para-hydroxylation sites is 2. The molecule has 0 saturated carbocycles. The Kier molecular flexibility index (Phi) is 7.07. The molecule has 5 nitrogen and oxygen atoms in total. The minimum Gasteiger partial charge on any atom is -0.292 e. The summed E-state index contributed by atoms with van der Waals surface area (Å²) in [5.74, 6) is 2.89. The van der Waals surface area contributed by atoms with Crippen LogP contribution in [0, 0.1) is 0 Å². The van der Waals surface area contributed by atoms with Gasteiger partial charge in [-0.15, -0.1) is 0 Å². The van der Waals surface area contributed by atoms with Crippen LogP contribution in [0.25, 0.3) is 84.5 Å². The Morgan fingerprint density at radius 3 is 1.50 bits per heavy atom. The van der Waals surface area contributed by atoms with Crippen molar-refractivity contribution in [3.63, 3.8) is 0 Å². The fraction of sp³-hybridized carbons (Fsp3) is 0.0189. The van der Waals surface area contributed by atoms with Gasteiger partial charge in [0, 0.05) is 22.3 Å². The van der Waals surface area contributed by atoms with Crippen LogP contribution < -0.4 is 0 Å². The van der Waals surface area contributed by atoms with Gasteiger partial charge in [0.2, 0.25) is 0 Å². The third-order valence-electron chi connectivity index (χ3n) is 11.9. The average molecular weight is 740 g/mol. The van der Waals surface area contributed by atoms with Gasteiger partial charge >= 0.3 is 0 Å². The van der Waals surface area contributed by atoms with E-state index in [-0.39, 0.29) is 0 Å². The molecule has 1 spiro atoms. The van der Waals surface area contributed by atoms with Crippen molar-refractivity contribution >= 4 is 11.0 Å². The molecule has 1 unspecified atom stereocenters. The summed E-state index contributed by atoms with van der Waals surface area (Å²) in [7, 11) is 0. The normalized spacial score (nSPS) is 14.6. The zero-order valence-electron chi connectivity index (χ0n) is 31.3. The van der Waals surface area contributed by atoms with E-state index in [1.54, 1.807) is 0 Å². The van der Waals surface area contributed by atoms with Crippen LogP contribution in [-0.2, 0) is 5.41 Å². The zero-order valence-corrected chi connectivity index (χ0v) is 31.3. The Balaban J connectivity index is 1.03. The average Bonchev–Trinajstić information content (AvgIpc) is 3.84. The van der Waals surface area contributed by atoms with Gasteiger partial charge in [0.25, 0.3) is 0 Å². The van der Waals surface area contributed by atoms with Gasteiger partial charge in [-0.1, -0.05) is 182 Å². The first-order chi connectivity index (χ1) is 28.8. The second-order valence-electron chi connectivity index (χ2n) is 15.0. The summed E-state index contributed by atoms with van der Waals surface area (Å²) in [5, 5.41) is 0. The van der Waals surface area contributed by atoms with E-state index in [2.05, 4.69) is 144 Å². The van der Waals surface area contributed by atoms with Crippen molar-refractivity contribution < 1.29 is 0 Å². The minimum absolute atomic E-state index is 0.547. The van der Waals surface area contributed by atoms with Crippen LogP contribution >= 0.6 is 0 Å². The summed E-state index contributed by atoms with van der Waals surface area (Å²) >= 11 is 0. The summed E-state index contributed by atoms with van der Waals surface area (Å²) in [6.45, 7) is 0. The van der Waals surface area contributed by atoms with E-state index in [0.29, 0.717) is 17.5 Å². The zero-order chi connectivity index (χ0) is 38.2. The van der Waals surface area contributed by atoms with Gasteiger partial charge in [-0.05, 0) is 62.7 Å². The van der Waals surface area contributed by atoms with Crippen molar-refractivity contribution in [2.75, 3.05) is 0 Å². The largest absolute Gasteiger partial charge is 0.292 e. The molecule has 1 aliphatic heterocycles. The van der Waals surface area contributed by atoms with Crippen LogP contribution in [0.3, 0.4) is 0 Å². The number of imidazole rings is 1. The molecule has 0 amide bonds. The molecular formula is C53H33N5. The van der Waals surface area contributed by atoms with Crippen LogP contribution in [0.5, 0.6) is 0 Å². The highest BCUT2D eigenvalue weighted by Crippen LogP contribution is 2.61. The highest BCUT2D eigenvalue weighted by Gasteiger charge is 2.51. The number of hydrogen-bond acceptors (Lipinski definition) is 4. The van der Waals surface area contributed by atoms with E-state index in [1.165, 1.54) is 33.4 Å². The molecule has 0 N–H and O–H groups in total. The molecule has 2 aromatic heterocycles. The van der Waals surface area contributed by atoms with Crippen molar-refractivity contribution in [2.24, 2.45) is 0 Å². The molecule has 8 aromatic carbocycles. The van der Waals surface area contributed by atoms with Crippen molar-refractivity contribution in [1.82, 2.24) is 24.5 Å². The molecule has 3 heterocycles. The van der Waals surface area contributed by atoms with Gasteiger partial charge in [0.05, 0.1) is 22.1 Å². The molecule has 0 fully saturated rings. The fourth-order valence-corrected chi connectivity index (χ4v) is 9.36. The molecule has 5 heteroatoms. The maximum Gasteiger partial charge on any atom is 0.164 e. The van der Waals surface area contributed by atoms with Crippen LogP contribution in [0.4, 0.5) is 0 Å². The van der Waals surface area contributed by atoms with Crippen molar-refractivity contribution in [3.05, 3.63) is 222 Å². The number of rotatable bonds is 5. The molecule has 1 atom stereocenters.